The van der Waals surface area contributed by atoms with Gasteiger partial charge in [-0.25, -0.2) is 13.6 Å². The zero-order chi connectivity index (χ0) is 15.6. The van der Waals surface area contributed by atoms with Crippen molar-refractivity contribution < 1.29 is 13.2 Å². The summed E-state index contributed by atoms with van der Waals surface area (Å²) >= 11 is 12.6. The van der Waals surface area contributed by atoms with Crippen molar-refractivity contribution in [1.82, 2.24) is 0 Å². The van der Waals surface area contributed by atoms with E-state index in [-0.39, 0.29) is 11.5 Å². The van der Waals surface area contributed by atoms with Gasteiger partial charge in [0.25, 0.3) is 0 Å². The Morgan fingerprint density at radius 1 is 1.14 bits per heavy atom. The van der Waals surface area contributed by atoms with Crippen molar-refractivity contribution >= 4 is 53.5 Å². The fourth-order valence-corrected chi connectivity index (χ4v) is 4.08. The third-order valence-corrected chi connectivity index (χ3v) is 5.07. The van der Waals surface area contributed by atoms with E-state index < -0.39 is 10.0 Å². The van der Waals surface area contributed by atoms with E-state index >= 15 is 0 Å². The number of rotatable bonds is 4. The molecule has 112 valence electrons. The van der Waals surface area contributed by atoms with E-state index in [9.17, 15) is 8.42 Å². The molecule has 0 atom stereocenters. The molecule has 4 nitrogen and oxygen atoms in total. The van der Waals surface area contributed by atoms with Gasteiger partial charge in [-0.3, -0.25) is 0 Å². The van der Waals surface area contributed by atoms with Crippen LogP contribution in [0.15, 0.2) is 50.2 Å². The maximum Gasteiger partial charge on any atom is 0.238 e. The molecular formula is C13H10Br2ClNO3S. The van der Waals surface area contributed by atoms with Crippen LogP contribution in [0.2, 0.25) is 5.02 Å². The standard InChI is InChI=1S/C13H10Br2ClNO3S/c14-10-5-9(21(17,18)19)6-11(15)13(10)20-7-8-3-1-2-4-12(8)16/h1-6H,7H2,(H2,17,18,19). The Morgan fingerprint density at radius 3 is 2.24 bits per heavy atom. The minimum atomic E-state index is -3.78. The molecule has 2 N–H and O–H groups in total. The summed E-state index contributed by atoms with van der Waals surface area (Å²) in [7, 11) is -3.78. The minimum absolute atomic E-state index is 0.00802. The summed E-state index contributed by atoms with van der Waals surface area (Å²) in [6.07, 6.45) is 0. The molecule has 0 aromatic heterocycles. The smallest absolute Gasteiger partial charge is 0.238 e. The number of sulfonamides is 1. The van der Waals surface area contributed by atoms with Crippen molar-refractivity contribution in [1.29, 1.82) is 0 Å². The van der Waals surface area contributed by atoms with Gasteiger partial charge >= 0.3 is 0 Å². The van der Waals surface area contributed by atoms with E-state index in [1.54, 1.807) is 6.07 Å². The highest BCUT2D eigenvalue weighted by Crippen LogP contribution is 2.36. The molecule has 0 radical (unpaired) electrons. The molecule has 0 aliphatic heterocycles. The number of halogens is 3. The van der Waals surface area contributed by atoms with Crippen molar-refractivity contribution in [3.05, 3.63) is 55.9 Å². The van der Waals surface area contributed by atoms with Crippen LogP contribution in [0.3, 0.4) is 0 Å². The van der Waals surface area contributed by atoms with E-state index in [0.717, 1.165) is 5.56 Å². The molecule has 0 unspecified atom stereocenters. The lowest BCUT2D eigenvalue weighted by Gasteiger charge is -2.12. The van der Waals surface area contributed by atoms with Crippen LogP contribution in [-0.4, -0.2) is 8.42 Å². The first kappa shape index (κ1) is 16.8. The Hall–Kier alpha value is -0.600. The van der Waals surface area contributed by atoms with Crippen molar-refractivity contribution in [3.8, 4) is 5.75 Å². The average molecular weight is 456 g/mol. The maximum atomic E-state index is 11.4. The SMILES string of the molecule is NS(=O)(=O)c1cc(Br)c(OCc2ccccc2Cl)c(Br)c1. The van der Waals surface area contributed by atoms with Crippen LogP contribution in [0.1, 0.15) is 5.56 Å². The highest BCUT2D eigenvalue weighted by molar-refractivity contribution is 9.11. The number of primary sulfonamides is 1. The van der Waals surface area contributed by atoms with E-state index in [2.05, 4.69) is 31.9 Å². The van der Waals surface area contributed by atoms with Gasteiger partial charge < -0.3 is 4.74 Å². The van der Waals surface area contributed by atoms with Crippen molar-refractivity contribution in [2.75, 3.05) is 0 Å². The second kappa shape index (κ2) is 6.66. The van der Waals surface area contributed by atoms with Crippen LogP contribution in [0.4, 0.5) is 0 Å². The average Bonchev–Trinajstić information content (AvgIpc) is 2.38. The second-order valence-corrected chi connectivity index (χ2v) is 7.82. The minimum Gasteiger partial charge on any atom is -0.486 e. The lowest BCUT2D eigenvalue weighted by atomic mass is 10.2. The van der Waals surface area contributed by atoms with Crippen LogP contribution in [-0.2, 0) is 16.6 Å². The number of benzene rings is 2. The highest BCUT2D eigenvalue weighted by Gasteiger charge is 2.15. The third kappa shape index (κ3) is 4.20. The summed E-state index contributed by atoms with van der Waals surface area (Å²) in [4.78, 5) is -0.00802. The zero-order valence-electron chi connectivity index (χ0n) is 10.5. The fraction of sp³-hybridized carbons (Fsp3) is 0.0769. The number of hydrogen-bond donors (Lipinski definition) is 1. The molecule has 0 heterocycles. The van der Waals surface area contributed by atoms with Gasteiger partial charge in [0.1, 0.15) is 12.4 Å². The molecule has 0 aliphatic carbocycles. The first-order valence-corrected chi connectivity index (χ1v) is 9.18. The first-order valence-electron chi connectivity index (χ1n) is 5.67. The number of hydrogen-bond acceptors (Lipinski definition) is 3. The monoisotopic (exact) mass is 453 g/mol. The van der Waals surface area contributed by atoms with E-state index in [1.165, 1.54) is 12.1 Å². The highest BCUT2D eigenvalue weighted by atomic mass is 79.9. The molecule has 2 aromatic rings. The van der Waals surface area contributed by atoms with Gasteiger partial charge in [-0.15, -0.1) is 0 Å². The van der Waals surface area contributed by atoms with Crippen molar-refractivity contribution in [3.63, 3.8) is 0 Å². The third-order valence-electron chi connectivity index (χ3n) is 2.63. The van der Waals surface area contributed by atoms with Gasteiger partial charge in [0.05, 0.1) is 13.8 Å². The van der Waals surface area contributed by atoms with Crippen LogP contribution >= 0.6 is 43.5 Å². The predicted molar refractivity (Wildman–Crippen MR) is 89.0 cm³/mol. The molecule has 21 heavy (non-hydrogen) atoms. The summed E-state index contributed by atoms with van der Waals surface area (Å²) in [5.74, 6) is 0.474. The maximum absolute atomic E-state index is 11.4. The van der Waals surface area contributed by atoms with Gasteiger partial charge in [-0.05, 0) is 50.1 Å². The second-order valence-electron chi connectivity index (χ2n) is 4.14. The lowest BCUT2D eigenvalue weighted by molar-refractivity contribution is 0.302. The number of nitrogens with two attached hydrogens (primary N) is 1. The first-order chi connectivity index (χ1) is 9.79. The molecule has 0 aliphatic rings. The number of ether oxygens (including phenoxy) is 1. The fourth-order valence-electron chi connectivity index (χ4n) is 1.60. The van der Waals surface area contributed by atoms with Crippen LogP contribution < -0.4 is 9.88 Å². The molecule has 0 fully saturated rings. The van der Waals surface area contributed by atoms with Gasteiger partial charge in [0.2, 0.25) is 10.0 Å². The molecule has 8 heteroatoms. The summed E-state index contributed by atoms with van der Waals surface area (Å²) in [5, 5.41) is 5.70. The largest absolute Gasteiger partial charge is 0.486 e. The van der Waals surface area contributed by atoms with Gasteiger partial charge in [0.15, 0.2) is 0 Å². The normalized spacial score (nSPS) is 11.4. The molecule has 2 rings (SSSR count). The Balaban J connectivity index is 2.28. The Kier molecular flexibility index (Phi) is 5.32. The lowest BCUT2D eigenvalue weighted by Crippen LogP contribution is -2.12. The molecule has 0 saturated heterocycles. The zero-order valence-corrected chi connectivity index (χ0v) is 15.3. The van der Waals surface area contributed by atoms with Crippen LogP contribution in [0.25, 0.3) is 0 Å². The van der Waals surface area contributed by atoms with E-state index in [0.29, 0.717) is 19.7 Å². The van der Waals surface area contributed by atoms with Crippen LogP contribution in [0.5, 0.6) is 5.75 Å². The van der Waals surface area contributed by atoms with E-state index in [4.69, 9.17) is 21.5 Å². The predicted octanol–water partition coefficient (Wildman–Crippen LogP) is 4.09. The summed E-state index contributed by atoms with van der Waals surface area (Å²) in [5.41, 5.74) is 0.827. The van der Waals surface area contributed by atoms with Gasteiger partial charge in [-0.2, -0.15) is 0 Å². The molecule has 0 saturated carbocycles. The summed E-state index contributed by atoms with van der Waals surface area (Å²) in [6, 6.07) is 10.1. The van der Waals surface area contributed by atoms with Crippen LogP contribution in [0, 0.1) is 0 Å². The Morgan fingerprint density at radius 2 is 1.71 bits per heavy atom. The summed E-state index contributed by atoms with van der Waals surface area (Å²) in [6.45, 7) is 0.256. The molecule has 0 spiro atoms. The molecule has 2 aromatic carbocycles. The molecule has 0 amide bonds. The summed E-state index contributed by atoms with van der Waals surface area (Å²) < 4.78 is 29.3. The van der Waals surface area contributed by atoms with E-state index in [1.807, 2.05) is 18.2 Å². The topological polar surface area (TPSA) is 69.4 Å². The van der Waals surface area contributed by atoms with Gasteiger partial charge in [0, 0.05) is 10.6 Å². The van der Waals surface area contributed by atoms with Crippen molar-refractivity contribution in [2.45, 2.75) is 11.5 Å². The molecular weight excluding hydrogens is 445 g/mol. The quantitative estimate of drug-likeness (QED) is 0.755. The Bertz CT molecular complexity index is 758. The molecule has 0 bridgehead atoms. The Labute approximate surface area is 144 Å². The van der Waals surface area contributed by atoms with Gasteiger partial charge in [-0.1, -0.05) is 29.8 Å². The van der Waals surface area contributed by atoms with Crippen molar-refractivity contribution in [2.24, 2.45) is 5.14 Å².